The molecule has 1 aliphatic heterocycles. The highest BCUT2D eigenvalue weighted by Gasteiger charge is 2.21. The maximum absolute atomic E-state index is 4.20. The molecule has 2 aromatic heterocycles. The summed E-state index contributed by atoms with van der Waals surface area (Å²) in [5, 5.41) is 14.9. The molecule has 0 bridgehead atoms. The number of piperidine rings is 1. The van der Waals surface area contributed by atoms with Crippen LogP contribution in [0.1, 0.15) is 12.8 Å². The van der Waals surface area contributed by atoms with Gasteiger partial charge in [0.25, 0.3) is 0 Å². The lowest BCUT2D eigenvalue weighted by molar-refractivity contribution is 0.391. The van der Waals surface area contributed by atoms with E-state index < -0.39 is 0 Å². The second kappa shape index (κ2) is 4.85. The van der Waals surface area contributed by atoms with Crippen LogP contribution in [0, 0.1) is 5.92 Å². The van der Waals surface area contributed by atoms with E-state index in [1.807, 2.05) is 13.2 Å². The monoisotopic (exact) mass is 247 g/mol. The minimum absolute atomic E-state index is 0.699. The first kappa shape index (κ1) is 11.3. The van der Waals surface area contributed by atoms with Crippen molar-refractivity contribution in [2.75, 3.05) is 31.6 Å². The predicted molar refractivity (Wildman–Crippen MR) is 67.4 cm³/mol. The van der Waals surface area contributed by atoms with Crippen LogP contribution in [0.2, 0.25) is 0 Å². The van der Waals surface area contributed by atoms with Crippen molar-refractivity contribution in [1.82, 2.24) is 30.3 Å². The first-order valence-electron chi connectivity index (χ1n) is 6.30. The summed E-state index contributed by atoms with van der Waals surface area (Å²) in [5.41, 5.74) is 0.699. The molecule has 1 saturated heterocycles. The Bertz CT molecular complexity index is 515. The molecule has 0 amide bonds. The van der Waals surface area contributed by atoms with Crippen molar-refractivity contribution in [2.24, 2.45) is 5.92 Å². The Balaban J connectivity index is 1.78. The van der Waals surface area contributed by atoms with Crippen molar-refractivity contribution in [1.29, 1.82) is 0 Å². The van der Waals surface area contributed by atoms with Gasteiger partial charge in [-0.3, -0.25) is 4.98 Å². The van der Waals surface area contributed by atoms with Gasteiger partial charge in [-0.2, -0.15) is 4.52 Å². The van der Waals surface area contributed by atoms with Crippen molar-refractivity contribution in [3.8, 4) is 0 Å². The Hall–Kier alpha value is -1.76. The molecule has 0 radical (unpaired) electrons. The van der Waals surface area contributed by atoms with Crippen LogP contribution in [0.4, 0.5) is 5.82 Å². The maximum Gasteiger partial charge on any atom is 0.199 e. The minimum Gasteiger partial charge on any atom is -0.355 e. The lowest BCUT2D eigenvalue weighted by atomic mass is 9.97. The molecule has 3 rings (SSSR count). The van der Waals surface area contributed by atoms with Crippen molar-refractivity contribution in [2.45, 2.75) is 12.8 Å². The Kier molecular flexibility index (Phi) is 3.06. The van der Waals surface area contributed by atoms with Gasteiger partial charge in [0.15, 0.2) is 11.5 Å². The van der Waals surface area contributed by atoms with Crippen LogP contribution in [0.5, 0.6) is 0 Å². The zero-order chi connectivity index (χ0) is 12.4. The number of rotatable bonds is 3. The largest absolute Gasteiger partial charge is 0.355 e. The molecule has 0 atom stereocenters. The summed E-state index contributed by atoms with van der Waals surface area (Å²) in [6.45, 7) is 3.17. The van der Waals surface area contributed by atoms with E-state index in [1.165, 1.54) is 12.8 Å². The number of hydrogen-bond donors (Lipinski definition) is 1. The lowest BCUT2D eigenvalue weighted by Crippen LogP contribution is -2.37. The Morgan fingerprint density at radius 3 is 2.94 bits per heavy atom. The third-order valence-electron chi connectivity index (χ3n) is 3.52. The molecular formula is C11H17N7. The fraction of sp³-hybridized carbons (Fsp3) is 0.636. The standard InChI is InChI=1S/C11H17N7/c1-12-6-9-2-4-17(5-3-9)11-8-13-7-10-14-15-16-18(10)11/h7-9,12H,2-6H2,1H3. The fourth-order valence-corrected chi connectivity index (χ4v) is 2.53. The number of anilines is 1. The Morgan fingerprint density at radius 2 is 2.17 bits per heavy atom. The summed E-state index contributed by atoms with van der Waals surface area (Å²) in [7, 11) is 2.01. The molecule has 0 aliphatic carbocycles. The van der Waals surface area contributed by atoms with Crippen molar-refractivity contribution in [3.05, 3.63) is 12.4 Å². The van der Waals surface area contributed by atoms with E-state index in [0.717, 1.165) is 31.4 Å². The van der Waals surface area contributed by atoms with Crippen LogP contribution in [0.15, 0.2) is 12.4 Å². The normalized spacial score (nSPS) is 17.5. The topological polar surface area (TPSA) is 71.2 Å². The summed E-state index contributed by atoms with van der Waals surface area (Å²) in [6, 6.07) is 0. The van der Waals surface area contributed by atoms with E-state index in [0.29, 0.717) is 5.65 Å². The van der Waals surface area contributed by atoms with Gasteiger partial charge in [-0.05, 0) is 42.8 Å². The van der Waals surface area contributed by atoms with Gasteiger partial charge in [0.2, 0.25) is 0 Å². The van der Waals surface area contributed by atoms with Crippen LogP contribution in [-0.4, -0.2) is 51.7 Å². The van der Waals surface area contributed by atoms with Gasteiger partial charge in [0.1, 0.15) is 0 Å². The molecule has 0 spiro atoms. The van der Waals surface area contributed by atoms with E-state index >= 15 is 0 Å². The molecule has 1 aliphatic rings. The van der Waals surface area contributed by atoms with Crippen LogP contribution < -0.4 is 10.2 Å². The van der Waals surface area contributed by atoms with E-state index in [9.17, 15) is 0 Å². The third-order valence-corrected chi connectivity index (χ3v) is 3.52. The molecule has 0 aromatic carbocycles. The highest BCUT2D eigenvalue weighted by Crippen LogP contribution is 2.22. The molecule has 1 fully saturated rings. The summed E-state index contributed by atoms with van der Waals surface area (Å²) in [6.07, 6.45) is 5.90. The number of nitrogens with zero attached hydrogens (tertiary/aromatic N) is 6. The fourth-order valence-electron chi connectivity index (χ4n) is 2.53. The summed E-state index contributed by atoms with van der Waals surface area (Å²) in [5.74, 6) is 1.76. The van der Waals surface area contributed by atoms with Gasteiger partial charge in [0, 0.05) is 13.1 Å². The number of nitrogens with one attached hydrogen (secondary N) is 1. The molecule has 3 heterocycles. The van der Waals surface area contributed by atoms with Gasteiger partial charge in [-0.1, -0.05) is 0 Å². The van der Waals surface area contributed by atoms with Gasteiger partial charge >= 0.3 is 0 Å². The second-order valence-electron chi connectivity index (χ2n) is 4.70. The average Bonchev–Trinajstić information content (AvgIpc) is 2.88. The lowest BCUT2D eigenvalue weighted by Gasteiger charge is -2.32. The Labute approximate surface area is 105 Å². The number of hydrogen-bond acceptors (Lipinski definition) is 6. The molecule has 7 heteroatoms. The molecular weight excluding hydrogens is 230 g/mol. The highest BCUT2D eigenvalue weighted by molar-refractivity contribution is 5.46. The van der Waals surface area contributed by atoms with Crippen LogP contribution >= 0.6 is 0 Å². The van der Waals surface area contributed by atoms with Gasteiger partial charge in [0.05, 0.1) is 12.4 Å². The molecule has 18 heavy (non-hydrogen) atoms. The molecule has 7 nitrogen and oxygen atoms in total. The molecule has 0 unspecified atom stereocenters. The van der Waals surface area contributed by atoms with E-state index in [1.54, 1.807) is 10.7 Å². The minimum atomic E-state index is 0.699. The number of fused-ring (bicyclic) bond motifs is 1. The average molecular weight is 247 g/mol. The van der Waals surface area contributed by atoms with Gasteiger partial charge in [-0.25, -0.2) is 0 Å². The van der Waals surface area contributed by atoms with Crippen LogP contribution in [-0.2, 0) is 0 Å². The van der Waals surface area contributed by atoms with Gasteiger partial charge < -0.3 is 10.2 Å². The number of tetrazole rings is 1. The summed E-state index contributed by atoms with van der Waals surface area (Å²) in [4.78, 5) is 6.51. The second-order valence-corrected chi connectivity index (χ2v) is 4.70. The zero-order valence-electron chi connectivity index (χ0n) is 10.5. The van der Waals surface area contributed by atoms with Crippen molar-refractivity contribution in [3.63, 3.8) is 0 Å². The summed E-state index contributed by atoms with van der Waals surface area (Å²) < 4.78 is 1.76. The molecule has 0 saturated carbocycles. The van der Waals surface area contributed by atoms with Crippen LogP contribution in [0.3, 0.4) is 0 Å². The van der Waals surface area contributed by atoms with E-state index in [2.05, 4.69) is 30.7 Å². The zero-order valence-corrected chi connectivity index (χ0v) is 10.5. The third kappa shape index (κ3) is 2.01. The van der Waals surface area contributed by atoms with Crippen molar-refractivity contribution < 1.29 is 0 Å². The number of aromatic nitrogens is 5. The van der Waals surface area contributed by atoms with Crippen molar-refractivity contribution >= 4 is 11.5 Å². The van der Waals surface area contributed by atoms with Gasteiger partial charge in [-0.15, -0.1) is 5.10 Å². The predicted octanol–water partition coefficient (Wildman–Crippen LogP) is -0.0449. The smallest absolute Gasteiger partial charge is 0.199 e. The summed E-state index contributed by atoms with van der Waals surface area (Å²) >= 11 is 0. The SMILES string of the molecule is CNCC1CCN(c2cncc3nnnn23)CC1. The molecule has 1 N–H and O–H groups in total. The quantitative estimate of drug-likeness (QED) is 0.820. The first-order valence-corrected chi connectivity index (χ1v) is 6.30. The van der Waals surface area contributed by atoms with E-state index in [-0.39, 0.29) is 0 Å². The first-order chi connectivity index (χ1) is 8.88. The molecule has 96 valence electrons. The van der Waals surface area contributed by atoms with Crippen LogP contribution in [0.25, 0.3) is 5.65 Å². The van der Waals surface area contributed by atoms with E-state index in [4.69, 9.17) is 0 Å². The highest BCUT2D eigenvalue weighted by atomic mass is 15.5. The molecule has 2 aromatic rings. The Morgan fingerprint density at radius 1 is 1.33 bits per heavy atom. The maximum atomic E-state index is 4.20.